The number of oxazole rings is 1. The van der Waals surface area contributed by atoms with Crippen LogP contribution in [0.15, 0.2) is 39.3 Å². The Bertz CT molecular complexity index is 1670. The van der Waals surface area contributed by atoms with Crippen molar-refractivity contribution in [2.75, 3.05) is 17.2 Å². The van der Waals surface area contributed by atoms with Gasteiger partial charge in [0.05, 0.1) is 0 Å². The molecule has 5 rings (SSSR count). The molecule has 3 atom stereocenters. The predicted molar refractivity (Wildman–Crippen MR) is 145 cm³/mol. The number of amides is 2. The van der Waals surface area contributed by atoms with Crippen LogP contribution in [-0.2, 0) is 30.6 Å². The van der Waals surface area contributed by atoms with Crippen LogP contribution >= 0.6 is 34.7 Å². The Morgan fingerprint density at radius 3 is 2.78 bits per heavy atom. The van der Waals surface area contributed by atoms with Crippen LogP contribution in [0.3, 0.4) is 0 Å². The van der Waals surface area contributed by atoms with E-state index in [0.717, 1.165) is 16.2 Å². The summed E-state index contributed by atoms with van der Waals surface area (Å²) < 4.78 is 7.00. The fraction of sp³-hybridized carbons (Fsp3) is 0.273. The zero-order valence-electron chi connectivity index (χ0n) is 20.8. The minimum Gasteiger partial charge on any atom is -0.478 e. The molecule has 0 saturated carbocycles. The predicted octanol–water partition coefficient (Wildman–Crippen LogP) is 0.0222. The molecule has 2 unspecified atom stereocenters. The van der Waals surface area contributed by atoms with E-state index in [-0.39, 0.29) is 39.2 Å². The van der Waals surface area contributed by atoms with Gasteiger partial charge in [-0.25, -0.2) is 14.6 Å². The fourth-order valence-corrected chi connectivity index (χ4v) is 6.36. The molecule has 41 heavy (non-hydrogen) atoms. The fourth-order valence-electron chi connectivity index (χ4n) is 4.10. The van der Waals surface area contributed by atoms with Gasteiger partial charge in [0, 0.05) is 17.4 Å². The maximum atomic E-state index is 13.2. The highest BCUT2D eigenvalue weighted by molar-refractivity contribution is 8.00. The van der Waals surface area contributed by atoms with E-state index >= 15 is 0 Å². The van der Waals surface area contributed by atoms with E-state index in [9.17, 15) is 24.3 Å². The highest BCUT2D eigenvalue weighted by Crippen LogP contribution is 2.40. The Labute approximate surface area is 242 Å². The van der Waals surface area contributed by atoms with Crippen LogP contribution in [0.25, 0.3) is 11.1 Å². The van der Waals surface area contributed by atoms with Gasteiger partial charge in [-0.05, 0) is 6.92 Å². The standard InChI is InChI=1S/C22H19ClN8O8S2/c1-7(19(34)35)39-29-12(11-15(23)41-22(25)28-11)16(32)27-13-17(33)31-14(20(36)37)8(6-40-18(13)31)4-30-3-2-9-10(5-30)38-21(24)26-9/h2-3,5,7,13,18,24H,4,6H2,1H3,(H5,25,27,28,32,34,35,36,37)/p+1/t7-,13?,18?/m0/s1. The number of rotatable bonds is 9. The van der Waals surface area contributed by atoms with E-state index in [2.05, 4.69) is 20.4 Å². The number of thioether (sulfide) groups is 1. The van der Waals surface area contributed by atoms with Crippen molar-refractivity contribution in [3.05, 3.63) is 39.8 Å². The number of nitrogens with two attached hydrogens (primary N) is 2. The van der Waals surface area contributed by atoms with Crippen LogP contribution in [0.2, 0.25) is 4.34 Å². The smallest absolute Gasteiger partial charge is 0.352 e. The summed E-state index contributed by atoms with van der Waals surface area (Å²) in [5.41, 5.74) is 11.8. The summed E-state index contributed by atoms with van der Waals surface area (Å²) in [6, 6.07) is 0.536. The highest BCUT2D eigenvalue weighted by atomic mass is 35.5. The number of nitrogens with zero attached hydrogens (tertiary/aromatic N) is 5. The summed E-state index contributed by atoms with van der Waals surface area (Å²) in [5.74, 6) is -4.03. The third-order valence-electron chi connectivity index (χ3n) is 6.01. The maximum Gasteiger partial charge on any atom is 0.352 e. The Morgan fingerprint density at radius 2 is 2.12 bits per heavy atom. The summed E-state index contributed by atoms with van der Waals surface area (Å²) in [6.07, 6.45) is 1.88. The Morgan fingerprint density at radius 1 is 1.37 bits per heavy atom. The lowest BCUT2D eigenvalue weighted by molar-refractivity contribution is -0.688. The number of carboxylic acid groups (broad SMARTS) is 2. The van der Waals surface area contributed by atoms with Gasteiger partial charge in [-0.2, -0.15) is 9.55 Å². The molecule has 3 aromatic rings. The SMILES string of the molecule is C[C@H](ON=C(C(=O)NC1C(=O)N2C(C(=O)O)=C(C[n+]3ccc4nc(N)oc4c3)CSC12)c1nc(N)sc1Cl)C(=O)O. The monoisotopic (exact) mass is 623 g/mol. The number of thiazole rings is 1. The number of nitrogens with one attached hydrogen (secondary N) is 1. The molecular formula is C22H20ClN8O8S2+. The van der Waals surface area contributed by atoms with Gasteiger partial charge in [0.1, 0.15) is 32.7 Å². The van der Waals surface area contributed by atoms with E-state index < -0.39 is 47.0 Å². The zero-order chi connectivity index (χ0) is 29.6. The Hall–Kier alpha value is -4.42. The molecule has 3 aromatic heterocycles. The second-order valence-electron chi connectivity index (χ2n) is 8.74. The first-order valence-corrected chi connectivity index (χ1v) is 13.8. The Balaban J connectivity index is 1.37. The third kappa shape index (κ3) is 5.35. The van der Waals surface area contributed by atoms with Crippen molar-refractivity contribution >= 4 is 86.4 Å². The first-order valence-electron chi connectivity index (χ1n) is 11.6. The molecule has 1 saturated heterocycles. The molecular weight excluding hydrogens is 604 g/mol. The highest BCUT2D eigenvalue weighted by Gasteiger charge is 2.55. The molecule has 0 bridgehead atoms. The molecule has 5 heterocycles. The minimum atomic E-state index is -1.41. The number of aliphatic carboxylic acids is 2. The quantitative estimate of drug-likeness (QED) is 0.0915. The number of pyridine rings is 1. The Kier molecular flexibility index (Phi) is 7.45. The van der Waals surface area contributed by atoms with Crippen LogP contribution in [0.4, 0.5) is 11.1 Å². The number of β-lactam (4-membered cyclic amide) rings is 1. The van der Waals surface area contributed by atoms with Crippen LogP contribution in [0.1, 0.15) is 12.6 Å². The molecule has 0 spiro atoms. The van der Waals surface area contributed by atoms with Gasteiger partial charge >= 0.3 is 11.9 Å². The molecule has 2 amide bonds. The first kappa shape index (κ1) is 28.1. The second-order valence-corrected chi connectivity index (χ2v) is 11.5. The molecule has 2 aliphatic rings. The van der Waals surface area contributed by atoms with Gasteiger partial charge in [-0.1, -0.05) is 28.1 Å². The van der Waals surface area contributed by atoms with Gasteiger partial charge in [0.25, 0.3) is 17.8 Å². The molecule has 1 fully saturated rings. The number of oxime groups is 1. The third-order valence-corrected chi connectivity index (χ3v) is 8.43. The van der Waals surface area contributed by atoms with E-state index in [0.29, 0.717) is 16.7 Å². The number of carbonyl (C=O) groups excluding carboxylic acids is 2. The van der Waals surface area contributed by atoms with Crippen molar-refractivity contribution in [3.8, 4) is 0 Å². The molecule has 0 aromatic carbocycles. The van der Waals surface area contributed by atoms with E-state index in [1.807, 2.05) is 0 Å². The van der Waals surface area contributed by atoms with Crippen molar-refractivity contribution in [2.24, 2.45) is 5.16 Å². The lowest BCUT2D eigenvalue weighted by Gasteiger charge is -2.49. The van der Waals surface area contributed by atoms with Gasteiger partial charge in [-0.3, -0.25) is 14.5 Å². The second kappa shape index (κ2) is 10.9. The van der Waals surface area contributed by atoms with E-state index in [1.165, 1.54) is 18.7 Å². The molecule has 19 heteroatoms. The molecule has 0 radical (unpaired) electrons. The largest absolute Gasteiger partial charge is 0.478 e. The number of carboxylic acids is 2. The average Bonchev–Trinajstić information content (AvgIpc) is 3.45. The lowest BCUT2D eigenvalue weighted by Crippen LogP contribution is -2.71. The maximum absolute atomic E-state index is 13.2. The summed E-state index contributed by atoms with van der Waals surface area (Å²) in [7, 11) is 0. The van der Waals surface area contributed by atoms with Gasteiger partial charge in [-0.15, -0.1) is 11.8 Å². The van der Waals surface area contributed by atoms with Crippen LogP contribution in [-0.4, -0.2) is 77.8 Å². The van der Waals surface area contributed by atoms with Crippen LogP contribution < -0.4 is 21.4 Å². The molecule has 0 aliphatic carbocycles. The van der Waals surface area contributed by atoms with E-state index in [4.69, 9.17) is 37.4 Å². The lowest BCUT2D eigenvalue weighted by atomic mass is 10.0. The van der Waals surface area contributed by atoms with Crippen molar-refractivity contribution in [1.82, 2.24) is 20.2 Å². The van der Waals surface area contributed by atoms with Gasteiger partial charge in [0.2, 0.25) is 17.9 Å². The topological polar surface area (TPSA) is 240 Å². The summed E-state index contributed by atoms with van der Waals surface area (Å²) in [5, 5.41) is 24.5. The van der Waals surface area contributed by atoms with Crippen molar-refractivity contribution in [3.63, 3.8) is 0 Å². The number of nitrogen functional groups attached to an aromatic ring is 2. The van der Waals surface area contributed by atoms with Crippen LogP contribution in [0, 0.1) is 0 Å². The van der Waals surface area contributed by atoms with E-state index in [1.54, 1.807) is 23.0 Å². The number of anilines is 2. The van der Waals surface area contributed by atoms with Gasteiger partial charge < -0.3 is 36.3 Å². The molecule has 16 nitrogen and oxygen atoms in total. The summed E-state index contributed by atoms with van der Waals surface area (Å²) >= 11 is 8.23. The number of aromatic nitrogens is 3. The van der Waals surface area contributed by atoms with Crippen molar-refractivity contribution in [2.45, 2.75) is 31.0 Å². The first-order chi connectivity index (χ1) is 19.4. The number of hydrogen-bond acceptors (Lipinski definition) is 13. The molecule has 7 N–H and O–H groups in total. The van der Waals surface area contributed by atoms with Crippen molar-refractivity contribution in [1.29, 1.82) is 0 Å². The number of fused-ring (bicyclic) bond motifs is 2. The zero-order valence-corrected chi connectivity index (χ0v) is 23.2. The summed E-state index contributed by atoms with van der Waals surface area (Å²) in [6.45, 7) is 1.33. The number of hydrogen-bond donors (Lipinski definition) is 5. The van der Waals surface area contributed by atoms with Gasteiger partial charge in [0.15, 0.2) is 23.6 Å². The number of carbonyl (C=O) groups is 4. The minimum absolute atomic E-state index is 0.00444. The summed E-state index contributed by atoms with van der Waals surface area (Å²) in [4.78, 5) is 63.7. The number of halogens is 1. The molecule has 214 valence electrons. The van der Waals surface area contributed by atoms with Crippen LogP contribution in [0.5, 0.6) is 0 Å². The average molecular weight is 624 g/mol. The normalized spacial score (nSPS) is 19.5. The van der Waals surface area contributed by atoms with Crippen molar-refractivity contribution < 1.29 is 43.2 Å². The molecule has 2 aliphatic heterocycles.